The van der Waals surface area contributed by atoms with E-state index in [1.807, 2.05) is 146 Å². The van der Waals surface area contributed by atoms with Crippen LogP contribution in [0.3, 0.4) is 0 Å². The number of fused-ring (bicyclic) bond motifs is 8. The maximum atomic E-state index is 9.12. The Kier molecular flexibility index (Phi) is 29.7. The van der Waals surface area contributed by atoms with E-state index in [0.29, 0.717) is 33.4 Å². The van der Waals surface area contributed by atoms with E-state index >= 15 is 0 Å². The van der Waals surface area contributed by atoms with Crippen LogP contribution < -0.4 is 0 Å². The van der Waals surface area contributed by atoms with Crippen LogP contribution >= 0.6 is 0 Å². The summed E-state index contributed by atoms with van der Waals surface area (Å²) in [5.41, 5.74) is 29.0. The summed E-state index contributed by atoms with van der Waals surface area (Å²) in [6.45, 7) is 40.5. The summed E-state index contributed by atoms with van der Waals surface area (Å²) in [6, 6.07) is 151. The maximum Gasteiger partial charge on any atom is 0.0991 e. The number of rotatable bonds is 7. The van der Waals surface area contributed by atoms with Crippen molar-refractivity contribution in [3.05, 3.63) is 473 Å². The zero-order chi connectivity index (χ0) is 104. The van der Waals surface area contributed by atoms with Crippen molar-refractivity contribution in [1.82, 2.24) is 4.98 Å². The van der Waals surface area contributed by atoms with Crippen LogP contribution in [0.2, 0.25) is 0 Å². The predicted octanol–water partition coefficient (Wildman–Crippen LogP) is 37.4. The first-order chi connectivity index (χ1) is 69.9. The third-order valence-corrected chi connectivity index (χ3v) is 27.2. The first kappa shape index (κ1) is 102. The van der Waals surface area contributed by atoms with Crippen LogP contribution in [0.4, 0.5) is 0 Å². The van der Waals surface area contributed by atoms with E-state index in [2.05, 4.69) is 422 Å². The zero-order valence-electron chi connectivity index (χ0n) is 86.8. The molecular formula is C139H121N7. The average Bonchev–Trinajstić information content (AvgIpc) is 0.726. The number of hydrogen-bond acceptors (Lipinski definition) is 7. The number of nitrogens with zero attached hydrogens (tertiary/aromatic N) is 7. The van der Waals surface area contributed by atoms with Gasteiger partial charge in [-0.15, -0.1) is 0 Å². The molecule has 21 rings (SSSR count). The van der Waals surface area contributed by atoms with Crippen molar-refractivity contribution >= 4 is 86.2 Å². The van der Waals surface area contributed by atoms with Crippen LogP contribution in [0.1, 0.15) is 191 Å². The molecule has 0 unspecified atom stereocenters. The normalized spacial score (nSPS) is 11.5. The lowest BCUT2D eigenvalue weighted by Gasteiger charge is -2.26. The molecule has 0 saturated heterocycles. The second-order valence-corrected chi connectivity index (χ2v) is 43.7. The number of pyridine rings is 1. The lowest BCUT2D eigenvalue weighted by Crippen LogP contribution is -2.13. The molecule has 7 heteroatoms. The lowest BCUT2D eigenvalue weighted by molar-refractivity contribution is 0.591. The highest BCUT2D eigenvalue weighted by atomic mass is 14.7. The molecule has 0 N–H and O–H groups in total. The second kappa shape index (κ2) is 42.8. The van der Waals surface area contributed by atoms with E-state index in [4.69, 9.17) is 36.6 Å². The van der Waals surface area contributed by atoms with Gasteiger partial charge in [0.2, 0.25) is 0 Å². The van der Waals surface area contributed by atoms with Crippen molar-refractivity contribution in [3.8, 4) is 114 Å². The summed E-state index contributed by atoms with van der Waals surface area (Å²) >= 11 is 0. The van der Waals surface area contributed by atoms with Gasteiger partial charge in [-0.3, -0.25) is 4.98 Å². The Bertz CT molecular complexity index is 8460. The van der Waals surface area contributed by atoms with Gasteiger partial charge in [-0.2, -0.15) is 31.6 Å². The minimum absolute atomic E-state index is 0.0441. The highest BCUT2D eigenvalue weighted by Crippen LogP contribution is 2.47. The van der Waals surface area contributed by atoms with Gasteiger partial charge in [0.1, 0.15) is 0 Å². The molecule has 0 aliphatic carbocycles. The van der Waals surface area contributed by atoms with Crippen molar-refractivity contribution in [1.29, 1.82) is 31.6 Å². The molecule has 0 fully saturated rings. The number of nitriles is 6. The molecule has 21 aromatic rings. The fraction of sp³-hybridized carbons (Fsp3) is 0.173. The number of hydrogen-bond donors (Lipinski definition) is 0. The van der Waals surface area contributed by atoms with Crippen LogP contribution in [0.15, 0.2) is 407 Å². The van der Waals surface area contributed by atoms with Gasteiger partial charge in [0.25, 0.3) is 0 Å². The minimum Gasteiger partial charge on any atom is -0.255 e. The van der Waals surface area contributed by atoms with Gasteiger partial charge in [0.05, 0.1) is 75.5 Å². The van der Waals surface area contributed by atoms with E-state index in [1.54, 1.807) is 0 Å². The smallest absolute Gasteiger partial charge is 0.0991 e. The van der Waals surface area contributed by atoms with Gasteiger partial charge in [-0.25, -0.2) is 0 Å². The zero-order valence-corrected chi connectivity index (χ0v) is 86.8. The van der Waals surface area contributed by atoms with Crippen molar-refractivity contribution < 1.29 is 0 Å². The molecule has 712 valence electrons. The Balaban J connectivity index is 0.000000126. The van der Waals surface area contributed by atoms with Crippen LogP contribution in [0.25, 0.3) is 164 Å². The van der Waals surface area contributed by atoms with E-state index in [-0.39, 0.29) is 32.5 Å². The Hall–Kier alpha value is -17.4. The molecule has 0 aliphatic heterocycles. The summed E-state index contributed by atoms with van der Waals surface area (Å²) in [5, 5.41) is 74.3. The van der Waals surface area contributed by atoms with Crippen LogP contribution in [-0.2, 0) is 32.5 Å². The van der Waals surface area contributed by atoms with Crippen LogP contribution in [0.5, 0.6) is 0 Å². The van der Waals surface area contributed by atoms with Gasteiger partial charge in [-0.05, 0) is 298 Å². The predicted molar refractivity (Wildman–Crippen MR) is 615 cm³/mol. The highest BCUT2D eigenvalue weighted by molar-refractivity contribution is 6.16. The fourth-order valence-electron chi connectivity index (χ4n) is 19.9. The molecular weight excluding hydrogens is 1770 g/mol. The Labute approximate surface area is 861 Å². The topological polar surface area (TPSA) is 156 Å². The third kappa shape index (κ3) is 22.5. The standard InChI is InChI=1S/C27H23N.2C25H21N.2C21H19N.C20H18N2/c1-27(2,3)26-17-16-23(24-6-4-5-7-25(24)26)22-14-12-21(13-15-22)20-10-8-19(18-28)9-11-20;1-25(2,3)24-21-10-6-4-8-19(21)23(20-9-5-7-11-22(20)24)18-14-12-17(16-26)13-15-18;1-25(2,3)24-21-8-5-4-7-19(21)15-23-20(9-6-10-22(23)24)18-13-11-17(16-26)12-14-18;1-21(2,3)20-11-10-18-12-17(8-9-19(18)13-20)16-6-4-15(14-22)5-7-16;1-21(2,3)20-13-12-17(18-6-4-5-7-19(18)20)16-10-8-15(14-22)9-11-16;1-20(2,3)18-13-22-19(17-7-5-4-6-16(17)18)15-10-8-14(12-21)9-11-15/h4-17H,1-3H3;2*4-15H,1-3H3;2*4-13H,1-3H3;4-11,13H,1-3H3. The van der Waals surface area contributed by atoms with Gasteiger partial charge in [-0.1, -0.05) is 440 Å². The Morgan fingerprint density at radius 2 is 0.466 bits per heavy atom. The van der Waals surface area contributed by atoms with E-state index in [1.165, 1.54) is 148 Å². The summed E-state index contributed by atoms with van der Waals surface area (Å²) in [5.74, 6) is 0. The molecule has 1 aromatic heterocycles. The summed E-state index contributed by atoms with van der Waals surface area (Å²) < 4.78 is 0. The SMILES string of the molecule is CC(C)(C)c1c2ccccc2c(-c2ccc(C#N)cc2)c2ccccc12.CC(C)(C)c1c2ccccc2cc2c(-c3ccc(C#N)cc3)cccc12.CC(C)(C)c1ccc(-c2ccc(-c3ccc(C#N)cc3)cc2)c2ccccc12.CC(C)(C)c1ccc(-c2ccc(C#N)cc2)c2ccccc12.CC(C)(C)c1ccc2cc(-c3ccc(C#N)cc3)ccc2c1.CC(C)(C)c1cnc(-c2ccc(C#N)cc2)c2ccccc12. The molecule has 0 bridgehead atoms. The molecule has 0 saturated carbocycles. The summed E-state index contributed by atoms with van der Waals surface area (Å²) in [7, 11) is 0. The average molecular weight is 1890 g/mol. The molecule has 7 nitrogen and oxygen atoms in total. The first-order valence-electron chi connectivity index (χ1n) is 49.9. The monoisotopic (exact) mass is 1890 g/mol. The molecule has 0 atom stereocenters. The van der Waals surface area contributed by atoms with Gasteiger partial charge in [0, 0.05) is 17.1 Å². The van der Waals surface area contributed by atoms with Crippen molar-refractivity contribution in [3.63, 3.8) is 0 Å². The van der Waals surface area contributed by atoms with Gasteiger partial charge >= 0.3 is 0 Å². The fourth-order valence-corrected chi connectivity index (χ4v) is 19.9. The van der Waals surface area contributed by atoms with Crippen molar-refractivity contribution in [2.45, 2.75) is 157 Å². The molecule has 0 aliphatic rings. The van der Waals surface area contributed by atoms with Crippen molar-refractivity contribution in [2.24, 2.45) is 0 Å². The summed E-state index contributed by atoms with van der Waals surface area (Å²) in [6.07, 6.45) is 1.98. The lowest BCUT2D eigenvalue weighted by atomic mass is 9.78. The van der Waals surface area contributed by atoms with Gasteiger partial charge in [0.15, 0.2) is 0 Å². The maximum absolute atomic E-state index is 9.12. The largest absolute Gasteiger partial charge is 0.255 e. The first-order valence-corrected chi connectivity index (χ1v) is 49.9. The molecule has 0 radical (unpaired) electrons. The minimum atomic E-state index is 0.0441. The van der Waals surface area contributed by atoms with Crippen molar-refractivity contribution in [2.75, 3.05) is 0 Å². The highest BCUT2D eigenvalue weighted by Gasteiger charge is 2.28. The van der Waals surface area contributed by atoms with E-state index < -0.39 is 0 Å². The quantitative estimate of drug-likeness (QED) is 0.144. The Morgan fingerprint density at radius 3 is 0.863 bits per heavy atom. The second-order valence-electron chi connectivity index (χ2n) is 43.7. The number of aromatic nitrogens is 1. The van der Waals surface area contributed by atoms with Crippen LogP contribution in [0, 0.1) is 68.0 Å². The third-order valence-electron chi connectivity index (χ3n) is 27.2. The molecule has 20 aromatic carbocycles. The molecule has 0 amide bonds. The molecule has 1 heterocycles. The van der Waals surface area contributed by atoms with E-state index in [0.717, 1.165) is 50.0 Å². The summed E-state index contributed by atoms with van der Waals surface area (Å²) in [4.78, 5) is 4.72. The molecule has 0 spiro atoms. The Morgan fingerprint density at radius 1 is 0.178 bits per heavy atom. The van der Waals surface area contributed by atoms with Gasteiger partial charge < -0.3 is 0 Å². The van der Waals surface area contributed by atoms with Crippen LogP contribution in [-0.4, -0.2) is 4.98 Å². The molecule has 146 heavy (non-hydrogen) atoms. The van der Waals surface area contributed by atoms with E-state index in [9.17, 15) is 0 Å². The number of benzene rings is 20.